The van der Waals surface area contributed by atoms with Gasteiger partial charge in [0.05, 0.1) is 0 Å². The van der Waals surface area contributed by atoms with Crippen molar-refractivity contribution in [2.75, 3.05) is 0 Å². The van der Waals surface area contributed by atoms with Crippen molar-refractivity contribution in [1.29, 1.82) is 0 Å². The van der Waals surface area contributed by atoms with E-state index in [1.807, 2.05) is 12.1 Å². The minimum atomic E-state index is 0.389. The van der Waals surface area contributed by atoms with Crippen molar-refractivity contribution < 1.29 is 5.11 Å². The fraction of sp³-hybridized carbons (Fsp3) is 0.600. The van der Waals surface area contributed by atoms with Crippen LogP contribution in [0.2, 0.25) is 0 Å². The maximum Gasteiger partial charge on any atom is 0.115 e. The molecule has 0 aliphatic heterocycles. The Hall–Kier alpha value is -0.980. The van der Waals surface area contributed by atoms with Crippen LogP contribution in [0.1, 0.15) is 51.0 Å². The first-order chi connectivity index (χ1) is 7.66. The van der Waals surface area contributed by atoms with Gasteiger partial charge in [0.1, 0.15) is 5.75 Å². The zero-order valence-electron chi connectivity index (χ0n) is 10.3. The third-order valence-electron chi connectivity index (χ3n) is 4.12. The molecule has 1 aliphatic carbocycles. The van der Waals surface area contributed by atoms with Gasteiger partial charge in [0, 0.05) is 0 Å². The van der Waals surface area contributed by atoms with E-state index in [9.17, 15) is 5.11 Å². The van der Waals surface area contributed by atoms with E-state index in [2.05, 4.69) is 19.9 Å². The van der Waals surface area contributed by atoms with Crippen LogP contribution in [0, 0.1) is 11.8 Å². The fourth-order valence-corrected chi connectivity index (χ4v) is 2.73. The average molecular weight is 218 g/mol. The predicted molar refractivity (Wildman–Crippen MR) is 67.6 cm³/mol. The van der Waals surface area contributed by atoms with E-state index < -0.39 is 0 Å². The molecule has 0 aromatic heterocycles. The molecule has 1 heteroatoms. The fourth-order valence-electron chi connectivity index (χ4n) is 2.73. The summed E-state index contributed by atoms with van der Waals surface area (Å²) in [6, 6.07) is 7.71. The largest absolute Gasteiger partial charge is 0.508 e. The van der Waals surface area contributed by atoms with Crippen molar-refractivity contribution in [3.05, 3.63) is 29.8 Å². The zero-order chi connectivity index (χ0) is 11.5. The highest BCUT2D eigenvalue weighted by Crippen LogP contribution is 2.38. The molecular weight excluding hydrogens is 196 g/mol. The van der Waals surface area contributed by atoms with Crippen LogP contribution in [0.3, 0.4) is 0 Å². The van der Waals surface area contributed by atoms with Crippen LogP contribution >= 0.6 is 0 Å². The monoisotopic (exact) mass is 218 g/mol. The molecule has 1 fully saturated rings. The highest BCUT2D eigenvalue weighted by Gasteiger charge is 2.25. The second-order valence-electron chi connectivity index (χ2n) is 5.40. The van der Waals surface area contributed by atoms with Gasteiger partial charge in [-0.05, 0) is 41.9 Å². The summed E-state index contributed by atoms with van der Waals surface area (Å²) in [7, 11) is 0. The van der Waals surface area contributed by atoms with Gasteiger partial charge < -0.3 is 5.11 Å². The number of hydrogen-bond donors (Lipinski definition) is 1. The maximum absolute atomic E-state index is 9.46. The number of phenols is 1. The molecule has 1 aliphatic rings. The maximum atomic E-state index is 9.46. The summed E-state index contributed by atoms with van der Waals surface area (Å²) in [5, 5.41) is 9.46. The van der Waals surface area contributed by atoms with Crippen molar-refractivity contribution >= 4 is 0 Å². The first-order valence-electron chi connectivity index (χ1n) is 6.45. The molecule has 1 aromatic carbocycles. The number of aromatic hydroxyl groups is 1. The summed E-state index contributed by atoms with van der Waals surface area (Å²) in [5.41, 5.74) is 1.27. The molecule has 0 spiro atoms. The van der Waals surface area contributed by atoms with Crippen molar-refractivity contribution in [2.24, 2.45) is 11.8 Å². The molecule has 1 saturated carbocycles. The molecule has 0 amide bonds. The van der Waals surface area contributed by atoms with E-state index in [0.29, 0.717) is 11.7 Å². The summed E-state index contributed by atoms with van der Waals surface area (Å²) < 4.78 is 0. The smallest absolute Gasteiger partial charge is 0.115 e. The van der Waals surface area contributed by atoms with Gasteiger partial charge in [0.25, 0.3) is 0 Å². The molecular formula is C15H22O. The topological polar surface area (TPSA) is 20.2 Å². The molecule has 1 nitrogen and oxygen atoms in total. The Balaban J connectivity index is 1.93. The molecule has 2 atom stereocenters. The average Bonchev–Trinajstić information content (AvgIpc) is 2.14. The second-order valence-corrected chi connectivity index (χ2v) is 5.40. The minimum Gasteiger partial charge on any atom is -0.508 e. The SMILES string of the molecule is CC(C[C@@H](C)C1CCC1)c1cccc(O)c1. The summed E-state index contributed by atoms with van der Waals surface area (Å²) >= 11 is 0. The molecule has 88 valence electrons. The summed E-state index contributed by atoms with van der Waals surface area (Å²) in [5.74, 6) is 2.73. The van der Waals surface area contributed by atoms with Crippen LogP contribution in [0.4, 0.5) is 0 Å². The molecule has 0 heterocycles. The van der Waals surface area contributed by atoms with Crippen molar-refractivity contribution in [3.63, 3.8) is 0 Å². The molecule has 1 unspecified atom stereocenters. The first kappa shape index (κ1) is 11.5. The van der Waals surface area contributed by atoms with E-state index in [-0.39, 0.29) is 0 Å². The van der Waals surface area contributed by atoms with Crippen LogP contribution < -0.4 is 0 Å². The van der Waals surface area contributed by atoms with Crippen molar-refractivity contribution in [2.45, 2.75) is 45.4 Å². The quantitative estimate of drug-likeness (QED) is 0.798. The molecule has 0 radical (unpaired) electrons. The van der Waals surface area contributed by atoms with Gasteiger partial charge in [-0.25, -0.2) is 0 Å². The van der Waals surface area contributed by atoms with Crippen LogP contribution in [-0.4, -0.2) is 5.11 Å². The van der Waals surface area contributed by atoms with E-state index in [0.717, 1.165) is 11.8 Å². The zero-order valence-corrected chi connectivity index (χ0v) is 10.3. The van der Waals surface area contributed by atoms with Gasteiger partial charge >= 0.3 is 0 Å². The molecule has 1 aromatic rings. The van der Waals surface area contributed by atoms with Crippen LogP contribution in [0.15, 0.2) is 24.3 Å². The van der Waals surface area contributed by atoms with Gasteiger partial charge in [0.2, 0.25) is 0 Å². The second kappa shape index (κ2) is 4.90. The number of hydrogen-bond acceptors (Lipinski definition) is 1. The number of benzene rings is 1. The molecule has 0 bridgehead atoms. The lowest BCUT2D eigenvalue weighted by Gasteiger charge is -2.33. The van der Waals surface area contributed by atoms with Crippen molar-refractivity contribution in [3.8, 4) is 5.75 Å². The summed E-state index contributed by atoms with van der Waals surface area (Å²) in [6.07, 6.45) is 5.52. The Morgan fingerprint density at radius 1 is 1.31 bits per heavy atom. The van der Waals surface area contributed by atoms with E-state index >= 15 is 0 Å². The van der Waals surface area contributed by atoms with Gasteiger partial charge in [-0.3, -0.25) is 0 Å². The molecule has 1 N–H and O–H groups in total. The van der Waals surface area contributed by atoms with Crippen LogP contribution in [-0.2, 0) is 0 Å². The third kappa shape index (κ3) is 2.58. The predicted octanol–water partition coefficient (Wildman–Crippen LogP) is 4.32. The van der Waals surface area contributed by atoms with Gasteiger partial charge in [-0.1, -0.05) is 45.2 Å². The third-order valence-corrected chi connectivity index (χ3v) is 4.12. The van der Waals surface area contributed by atoms with E-state index in [4.69, 9.17) is 0 Å². The van der Waals surface area contributed by atoms with Crippen LogP contribution in [0.5, 0.6) is 5.75 Å². The van der Waals surface area contributed by atoms with Gasteiger partial charge in [-0.2, -0.15) is 0 Å². The Morgan fingerprint density at radius 2 is 2.06 bits per heavy atom. The standard InChI is InChI=1S/C15H22O/c1-11(13-5-3-6-13)9-12(2)14-7-4-8-15(16)10-14/h4,7-8,10-13,16H,3,5-6,9H2,1-2H3/t11-,12?/m1/s1. The minimum absolute atomic E-state index is 0.389. The molecule has 2 rings (SSSR count). The van der Waals surface area contributed by atoms with E-state index in [1.54, 1.807) is 6.07 Å². The summed E-state index contributed by atoms with van der Waals surface area (Å²) in [6.45, 7) is 4.65. The Kier molecular flexibility index (Phi) is 3.52. The lowest BCUT2D eigenvalue weighted by molar-refractivity contribution is 0.203. The molecule has 16 heavy (non-hydrogen) atoms. The van der Waals surface area contributed by atoms with Gasteiger partial charge in [-0.15, -0.1) is 0 Å². The Labute approximate surface area is 98.5 Å². The van der Waals surface area contributed by atoms with Gasteiger partial charge in [0.15, 0.2) is 0 Å². The Morgan fingerprint density at radius 3 is 2.62 bits per heavy atom. The lowest BCUT2D eigenvalue weighted by Crippen LogP contribution is -2.20. The highest BCUT2D eigenvalue weighted by molar-refractivity contribution is 5.29. The van der Waals surface area contributed by atoms with E-state index in [1.165, 1.54) is 31.2 Å². The number of rotatable bonds is 4. The Bertz CT molecular complexity index is 341. The normalized spacial score (nSPS) is 20.1. The first-order valence-corrected chi connectivity index (χ1v) is 6.45. The molecule has 0 saturated heterocycles. The lowest BCUT2D eigenvalue weighted by atomic mass is 9.73. The summed E-state index contributed by atoms with van der Waals surface area (Å²) in [4.78, 5) is 0. The number of phenolic OH excluding ortho intramolecular Hbond substituents is 1. The highest BCUT2D eigenvalue weighted by atomic mass is 16.3. The van der Waals surface area contributed by atoms with Crippen LogP contribution in [0.25, 0.3) is 0 Å². The van der Waals surface area contributed by atoms with Crippen molar-refractivity contribution in [1.82, 2.24) is 0 Å².